The van der Waals surface area contributed by atoms with Crippen LogP contribution in [0.15, 0.2) is 34.9 Å². The number of pyridine rings is 1. The second-order valence-corrected chi connectivity index (χ2v) is 8.00. The molecule has 3 heterocycles. The lowest BCUT2D eigenvalue weighted by Gasteiger charge is -2.38. The van der Waals surface area contributed by atoms with Crippen LogP contribution in [-0.4, -0.2) is 33.2 Å². The summed E-state index contributed by atoms with van der Waals surface area (Å²) in [6, 6.07) is 7.27. The SMILES string of the molecule is Cc1nc2cc(C3CC[C@H](C)CN3C(=O)C(=O)Nc3cnc(N)c(C)c3)ccc2o1. The molecule has 3 aromatic rings. The Morgan fingerprint density at radius 3 is 2.80 bits per heavy atom. The average Bonchev–Trinajstić information content (AvgIpc) is 3.09. The molecular weight excluding hydrogens is 382 g/mol. The molecule has 2 aromatic heterocycles. The van der Waals surface area contributed by atoms with Crippen LogP contribution in [0.1, 0.15) is 42.8 Å². The van der Waals surface area contributed by atoms with Crippen LogP contribution >= 0.6 is 0 Å². The average molecular weight is 407 g/mol. The van der Waals surface area contributed by atoms with Gasteiger partial charge in [-0.1, -0.05) is 13.0 Å². The van der Waals surface area contributed by atoms with Crippen molar-refractivity contribution in [2.24, 2.45) is 5.92 Å². The molecule has 2 atom stereocenters. The van der Waals surface area contributed by atoms with Crippen molar-refractivity contribution in [1.82, 2.24) is 14.9 Å². The maximum Gasteiger partial charge on any atom is 0.313 e. The maximum absolute atomic E-state index is 13.1. The van der Waals surface area contributed by atoms with Crippen LogP contribution in [0.3, 0.4) is 0 Å². The van der Waals surface area contributed by atoms with Crippen LogP contribution in [0, 0.1) is 19.8 Å². The third kappa shape index (κ3) is 3.85. The van der Waals surface area contributed by atoms with E-state index in [-0.39, 0.29) is 6.04 Å². The van der Waals surface area contributed by atoms with Gasteiger partial charge in [0.05, 0.1) is 17.9 Å². The van der Waals surface area contributed by atoms with Crippen LogP contribution in [0.4, 0.5) is 11.5 Å². The molecule has 1 saturated heterocycles. The van der Waals surface area contributed by atoms with Gasteiger partial charge in [0.15, 0.2) is 11.5 Å². The Morgan fingerprint density at radius 2 is 2.03 bits per heavy atom. The molecule has 4 rings (SSSR count). The first-order valence-electron chi connectivity index (χ1n) is 10.0. The van der Waals surface area contributed by atoms with Crippen molar-refractivity contribution in [3.05, 3.63) is 47.5 Å². The minimum Gasteiger partial charge on any atom is -0.441 e. The number of amides is 2. The Labute approximate surface area is 174 Å². The van der Waals surface area contributed by atoms with Crippen LogP contribution < -0.4 is 11.1 Å². The van der Waals surface area contributed by atoms with E-state index >= 15 is 0 Å². The van der Waals surface area contributed by atoms with Gasteiger partial charge in [-0.15, -0.1) is 0 Å². The fraction of sp³-hybridized carbons (Fsp3) is 0.364. The summed E-state index contributed by atoms with van der Waals surface area (Å²) in [4.78, 5) is 35.9. The molecule has 0 spiro atoms. The number of nitrogens with one attached hydrogen (secondary N) is 1. The second kappa shape index (κ2) is 7.78. The number of oxazole rings is 1. The molecular formula is C22H25N5O3. The Kier molecular flexibility index (Phi) is 5.15. The number of anilines is 2. The normalized spacial score (nSPS) is 19.1. The van der Waals surface area contributed by atoms with Crippen LogP contribution in [0.25, 0.3) is 11.1 Å². The predicted molar refractivity (Wildman–Crippen MR) is 114 cm³/mol. The number of hydrogen-bond donors (Lipinski definition) is 2. The summed E-state index contributed by atoms with van der Waals surface area (Å²) >= 11 is 0. The van der Waals surface area contributed by atoms with E-state index in [1.54, 1.807) is 24.8 Å². The van der Waals surface area contributed by atoms with Gasteiger partial charge in [0.2, 0.25) is 0 Å². The molecule has 1 aliphatic heterocycles. The van der Waals surface area contributed by atoms with Crippen molar-refractivity contribution in [3.63, 3.8) is 0 Å². The number of rotatable bonds is 2. The molecule has 3 N–H and O–H groups in total. The van der Waals surface area contributed by atoms with Gasteiger partial charge in [-0.25, -0.2) is 9.97 Å². The minimum absolute atomic E-state index is 0.188. The number of fused-ring (bicyclic) bond motifs is 1. The highest BCUT2D eigenvalue weighted by atomic mass is 16.3. The highest BCUT2D eigenvalue weighted by molar-refractivity contribution is 6.39. The van der Waals surface area contributed by atoms with E-state index in [4.69, 9.17) is 10.2 Å². The number of aromatic nitrogens is 2. The van der Waals surface area contributed by atoms with Gasteiger partial charge in [0.25, 0.3) is 0 Å². The highest BCUT2D eigenvalue weighted by Gasteiger charge is 2.34. The van der Waals surface area contributed by atoms with E-state index < -0.39 is 11.8 Å². The molecule has 0 aliphatic carbocycles. The lowest BCUT2D eigenvalue weighted by molar-refractivity contribution is -0.146. The summed E-state index contributed by atoms with van der Waals surface area (Å²) < 4.78 is 5.55. The first-order chi connectivity index (χ1) is 14.3. The summed E-state index contributed by atoms with van der Waals surface area (Å²) in [5.41, 5.74) is 9.32. The third-order valence-electron chi connectivity index (χ3n) is 5.55. The highest BCUT2D eigenvalue weighted by Crippen LogP contribution is 2.35. The van der Waals surface area contributed by atoms with E-state index in [0.29, 0.717) is 35.4 Å². The van der Waals surface area contributed by atoms with Crippen molar-refractivity contribution in [2.45, 2.75) is 39.7 Å². The quantitative estimate of drug-likeness (QED) is 0.630. The molecule has 30 heavy (non-hydrogen) atoms. The second-order valence-electron chi connectivity index (χ2n) is 8.00. The fourth-order valence-corrected chi connectivity index (χ4v) is 3.96. The molecule has 8 heteroatoms. The van der Waals surface area contributed by atoms with Crippen molar-refractivity contribution in [1.29, 1.82) is 0 Å². The third-order valence-corrected chi connectivity index (χ3v) is 5.55. The first kappa shape index (κ1) is 19.9. The number of piperidine rings is 1. The van der Waals surface area contributed by atoms with Crippen LogP contribution in [-0.2, 0) is 9.59 Å². The zero-order chi connectivity index (χ0) is 21.4. The van der Waals surface area contributed by atoms with Gasteiger partial charge in [-0.3, -0.25) is 9.59 Å². The van der Waals surface area contributed by atoms with E-state index in [2.05, 4.69) is 22.2 Å². The number of nitrogens with zero attached hydrogens (tertiary/aromatic N) is 3. The van der Waals surface area contributed by atoms with Gasteiger partial charge in [0, 0.05) is 13.5 Å². The number of carbonyl (C=O) groups excluding carboxylic acids is 2. The number of nitrogen functional groups attached to an aromatic ring is 1. The Morgan fingerprint density at radius 1 is 1.23 bits per heavy atom. The molecule has 0 saturated carbocycles. The van der Waals surface area contributed by atoms with Crippen molar-refractivity contribution >= 4 is 34.4 Å². The van der Waals surface area contributed by atoms with Gasteiger partial charge >= 0.3 is 11.8 Å². The van der Waals surface area contributed by atoms with Crippen LogP contribution in [0.5, 0.6) is 0 Å². The van der Waals surface area contributed by atoms with Crippen molar-refractivity contribution < 1.29 is 14.0 Å². The lowest BCUT2D eigenvalue weighted by Crippen LogP contribution is -2.46. The Balaban J connectivity index is 1.58. The topological polar surface area (TPSA) is 114 Å². The molecule has 1 fully saturated rings. The molecule has 1 aliphatic rings. The molecule has 2 amide bonds. The summed E-state index contributed by atoms with van der Waals surface area (Å²) in [5, 5.41) is 2.65. The van der Waals surface area contributed by atoms with Crippen LogP contribution in [0.2, 0.25) is 0 Å². The Hall–Kier alpha value is -3.42. The van der Waals surface area contributed by atoms with Gasteiger partial charge in [0.1, 0.15) is 11.3 Å². The molecule has 1 aromatic carbocycles. The van der Waals surface area contributed by atoms with Gasteiger partial charge < -0.3 is 20.4 Å². The number of nitrogens with two attached hydrogens (primary N) is 1. The van der Waals surface area contributed by atoms with Crippen molar-refractivity contribution in [2.75, 3.05) is 17.6 Å². The largest absolute Gasteiger partial charge is 0.441 e. The van der Waals surface area contributed by atoms with E-state index in [1.807, 2.05) is 18.2 Å². The van der Waals surface area contributed by atoms with Gasteiger partial charge in [-0.2, -0.15) is 0 Å². The molecule has 156 valence electrons. The van der Waals surface area contributed by atoms with E-state index in [9.17, 15) is 9.59 Å². The first-order valence-corrected chi connectivity index (χ1v) is 10.0. The number of hydrogen-bond acceptors (Lipinski definition) is 6. The smallest absolute Gasteiger partial charge is 0.313 e. The molecule has 1 unspecified atom stereocenters. The molecule has 0 radical (unpaired) electrons. The Bertz CT molecular complexity index is 1120. The number of benzene rings is 1. The summed E-state index contributed by atoms with van der Waals surface area (Å²) in [6.45, 7) is 6.21. The summed E-state index contributed by atoms with van der Waals surface area (Å²) in [5.74, 6) is 0.0641. The summed E-state index contributed by atoms with van der Waals surface area (Å²) in [7, 11) is 0. The van der Waals surface area contributed by atoms with Gasteiger partial charge in [-0.05, 0) is 55.0 Å². The minimum atomic E-state index is -0.682. The maximum atomic E-state index is 13.1. The zero-order valence-corrected chi connectivity index (χ0v) is 17.3. The summed E-state index contributed by atoms with van der Waals surface area (Å²) in [6.07, 6.45) is 3.21. The molecule has 8 nitrogen and oxygen atoms in total. The predicted octanol–water partition coefficient (Wildman–Crippen LogP) is 3.36. The zero-order valence-electron chi connectivity index (χ0n) is 17.3. The standard InChI is InChI=1S/C22H25N5O3/c1-12-4-6-18(15-5-7-19-17(9-15)25-14(3)30-19)27(11-12)22(29)21(28)26-16-8-13(2)20(23)24-10-16/h5,7-10,12,18H,4,6,11H2,1-3H3,(H2,23,24)(H,26,28)/t12-,18?/m0/s1. The number of likely N-dealkylation sites (tertiary alicyclic amines) is 1. The lowest BCUT2D eigenvalue weighted by atomic mass is 9.89. The molecule has 0 bridgehead atoms. The van der Waals surface area contributed by atoms with E-state index in [0.717, 1.165) is 29.5 Å². The number of aryl methyl sites for hydroxylation is 2. The van der Waals surface area contributed by atoms with Crippen molar-refractivity contribution in [3.8, 4) is 0 Å². The fourth-order valence-electron chi connectivity index (χ4n) is 3.96. The number of carbonyl (C=O) groups is 2. The monoisotopic (exact) mass is 407 g/mol. The van der Waals surface area contributed by atoms with E-state index in [1.165, 1.54) is 6.20 Å².